The summed E-state index contributed by atoms with van der Waals surface area (Å²) in [5.41, 5.74) is 2.87. The average molecular weight is 430 g/mol. The Labute approximate surface area is 182 Å². The second-order valence-electron chi connectivity index (χ2n) is 7.10. The van der Waals surface area contributed by atoms with Crippen LogP contribution < -0.4 is 5.32 Å². The Morgan fingerprint density at radius 3 is 2.90 bits per heavy atom. The molecule has 5 aromatic rings. The van der Waals surface area contributed by atoms with Crippen LogP contribution in [0.1, 0.15) is 26.6 Å². The Morgan fingerprint density at radius 1 is 1.16 bits per heavy atom. The molecular weight excluding hydrogens is 410 g/mol. The fraction of sp³-hybridized carbons (Fsp3) is 0.136. The SMILES string of the molecule is Cc1cc(C(=O)Nc2ccn(Cc3ccccn3)n2)c2cnn(Cc3cccs3)c2n1. The minimum Gasteiger partial charge on any atom is -0.305 e. The van der Waals surface area contributed by atoms with Crippen LogP contribution >= 0.6 is 11.3 Å². The Balaban J connectivity index is 1.38. The summed E-state index contributed by atoms with van der Waals surface area (Å²) < 4.78 is 3.57. The van der Waals surface area contributed by atoms with Crippen LogP contribution in [0.3, 0.4) is 0 Å². The molecule has 0 aliphatic heterocycles. The van der Waals surface area contributed by atoms with Gasteiger partial charge < -0.3 is 5.32 Å². The number of aryl methyl sites for hydroxylation is 1. The quantitative estimate of drug-likeness (QED) is 0.444. The third kappa shape index (κ3) is 4.08. The first-order valence-corrected chi connectivity index (χ1v) is 10.6. The van der Waals surface area contributed by atoms with E-state index in [1.165, 1.54) is 4.88 Å². The number of nitrogens with one attached hydrogen (secondary N) is 1. The molecule has 0 saturated heterocycles. The normalized spacial score (nSPS) is 11.1. The van der Waals surface area contributed by atoms with Crippen LogP contribution in [0.15, 0.2) is 66.4 Å². The van der Waals surface area contributed by atoms with E-state index in [9.17, 15) is 4.79 Å². The number of carbonyl (C=O) groups is 1. The fourth-order valence-corrected chi connectivity index (χ4v) is 4.07. The van der Waals surface area contributed by atoms with Crippen molar-refractivity contribution in [2.24, 2.45) is 0 Å². The predicted octanol–water partition coefficient (Wildman–Crippen LogP) is 3.74. The number of thiophene rings is 1. The summed E-state index contributed by atoms with van der Waals surface area (Å²) in [6.07, 6.45) is 5.26. The molecule has 0 aromatic carbocycles. The van der Waals surface area contributed by atoms with Gasteiger partial charge in [-0.25, -0.2) is 9.67 Å². The van der Waals surface area contributed by atoms with Crippen LogP contribution in [-0.4, -0.2) is 35.4 Å². The molecule has 5 aromatic heterocycles. The standard InChI is InChI=1S/C22H19N7OS/c1-15-11-18(19-12-24-29(21(19)25-15)14-17-6-4-10-31-17)22(30)26-20-7-9-28(27-20)13-16-5-2-3-8-23-16/h2-12H,13-14H2,1H3,(H,26,27,30). The minimum atomic E-state index is -0.241. The van der Waals surface area contributed by atoms with E-state index >= 15 is 0 Å². The molecule has 1 N–H and O–H groups in total. The molecular formula is C22H19N7OS. The number of fused-ring (bicyclic) bond motifs is 1. The zero-order valence-corrected chi connectivity index (χ0v) is 17.6. The molecule has 0 atom stereocenters. The van der Waals surface area contributed by atoms with Crippen molar-refractivity contribution in [3.8, 4) is 0 Å². The maximum Gasteiger partial charge on any atom is 0.257 e. The Morgan fingerprint density at radius 2 is 2.10 bits per heavy atom. The number of hydrogen-bond donors (Lipinski definition) is 1. The van der Waals surface area contributed by atoms with Gasteiger partial charge in [-0.3, -0.25) is 14.5 Å². The Kier molecular flexibility index (Phi) is 5.01. The van der Waals surface area contributed by atoms with Gasteiger partial charge in [0.15, 0.2) is 11.5 Å². The second kappa shape index (κ2) is 8.11. The van der Waals surface area contributed by atoms with Gasteiger partial charge in [-0.05, 0) is 36.6 Å². The van der Waals surface area contributed by atoms with Gasteiger partial charge in [0.2, 0.25) is 0 Å². The molecule has 0 fully saturated rings. The number of anilines is 1. The van der Waals surface area contributed by atoms with Crippen molar-refractivity contribution in [3.05, 3.63) is 88.3 Å². The van der Waals surface area contributed by atoms with E-state index in [0.29, 0.717) is 35.5 Å². The van der Waals surface area contributed by atoms with E-state index < -0.39 is 0 Å². The second-order valence-corrected chi connectivity index (χ2v) is 8.14. The van der Waals surface area contributed by atoms with E-state index in [4.69, 9.17) is 0 Å². The summed E-state index contributed by atoms with van der Waals surface area (Å²) in [5.74, 6) is 0.240. The minimum absolute atomic E-state index is 0.241. The van der Waals surface area contributed by atoms with E-state index in [-0.39, 0.29) is 5.91 Å². The highest BCUT2D eigenvalue weighted by atomic mass is 32.1. The Hall–Kier alpha value is -3.85. The largest absolute Gasteiger partial charge is 0.305 e. The average Bonchev–Trinajstić information content (AvgIpc) is 3.51. The van der Waals surface area contributed by atoms with Crippen molar-refractivity contribution in [3.63, 3.8) is 0 Å². The summed E-state index contributed by atoms with van der Waals surface area (Å²) in [6, 6.07) is 13.4. The first kappa shape index (κ1) is 19.1. The molecule has 0 saturated carbocycles. The molecule has 31 heavy (non-hydrogen) atoms. The number of amides is 1. The molecule has 5 heterocycles. The lowest BCUT2D eigenvalue weighted by atomic mass is 10.1. The molecule has 154 valence electrons. The smallest absolute Gasteiger partial charge is 0.257 e. The van der Waals surface area contributed by atoms with Crippen molar-refractivity contribution < 1.29 is 4.79 Å². The number of aromatic nitrogens is 6. The van der Waals surface area contributed by atoms with Gasteiger partial charge in [-0.1, -0.05) is 12.1 Å². The van der Waals surface area contributed by atoms with Crippen molar-refractivity contribution in [1.82, 2.24) is 29.5 Å². The zero-order valence-electron chi connectivity index (χ0n) is 16.8. The van der Waals surface area contributed by atoms with Crippen molar-refractivity contribution in [2.75, 3.05) is 5.32 Å². The molecule has 0 aliphatic carbocycles. The topological polar surface area (TPSA) is 90.5 Å². The van der Waals surface area contributed by atoms with Gasteiger partial charge in [0, 0.05) is 29.0 Å². The third-order valence-electron chi connectivity index (χ3n) is 4.80. The Bertz CT molecular complexity index is 1340. The summed E-state index contributed by atoms with van der Waals surface area (Å²) in [7, 11) is 0. The van der Waals surface area contributed by atoms with Gasteiger partial charge in [-0.15, -0.1) is 11.3 Å². The van der Waals surface area contributed by atoms with Gasteiger partial charge in [0.25, 0.3) is 5.91 Å². The molecule has 0 aliphatic rings. The highest BCUT2D eigenvalue weighted by molar-refractivity contribution is 7.09. The number of nitrogens with zero attached hydrogens (tertiary/aromatic N) is 6. The number of rotatable bonds is 6. The van der Waals surface area contributed by atoms with Crippen LogP contribution in [0.4, 0.5) is 5.82 Å². The van der Waals surface area contributed by atoms with Crippen LogP contribution in [0.5, 0.6) is 0 Å². The van der Waals surface area contributed by atoms with Crippen molar-refractivity contribution >= 4 is 34.1 Å². The summed E-state index contributed by atoms with van der Waals surface area (Å²) >= 11 is 1.67. The predicted molar refractivity (Wildman–Crippen MR) is 119 cm³/mol. The van der Waals surface area contributed by atoms with E-state index in [0.717, 1.165) is 11.4 Å². The molecule has 1 amide bonds. The van der Waals surface area contributed by atoms with Gasteiger partial charge in [0.05, 0.1) is 35.9 Å². The van der Waals surface area contributed by atoms with Crippen LogP contribution in [-0.2, 0) is 13.1 Å². The first-order chi connectivity index (χ1) is 15.2. The van der Waals surface area contributed by atoms with Gasteiger partial charge >= 0.3 is 0 Å². The lowest BCUT2D eigenvalue weighted by Crippen LogP contribution is -2.14. The summed E-state index contributed by atoms with van der Waals surface area (Å²) in [4.78, 5) is 23.1. The lowest BCUT2D eigenvalue weighted by molar-refractivity contribution is 0.102. The zero-order chi connectivity index (χ0) is 21.2. The van der Waals surface area contributed by atoms with Crippen molar-refractivity contribution in [1.29, 1.82) is 0 Å². The van der Waals surface area contributed by atoms with Gasteiger partial charge in [0.1, 0.15) is 0 Å². The van der Waals surface area contributed by atoms with E-state index in [1.807, 2.05) is 47.4 Å². The van der Waals surface area contributed by atoms with E-state index in [2.05, 4.69) is 31.5 Å². The maximum atomic E-state index is 13.0. The number of carbonyl (C=O) groups excluding carboxylic acids is 1. The summed E-state index contributed by atoms with van der Waals surface area (Å²) in [5, 5.41) is 14.5. The molecule has 0 radical (unpaired) electrons. The van der Waals surface area contributed by atoms with Crippen molar-refractivity contribution in [2.45, 2.75) is 20.0 Å². The first-order valence-electron chi connectivity index (χ1n) is 9.76. The van der Waals surface area contributed by atoms with Gasteiger partial charge in [-0.2, -0.15) is 10.2 Å². The van der Waals surface area contributed by atoms with Crippen LogP contribution in [0.25, 0.3) is 11.0 Å². The molecule has 8 nitrogen and oxygen atoms in total. The molecule has 0 spiro atoms. The molecule has 0 bridgehead atoms. The highest BCUT2D eigenvalue weighted by Gasteiger charge is 2.17. The number of hydrogen-bond acceptors (Lipinski definition) is 6. The van der Waals surface area contributed by atoms with Crippen LogP contribution in [0.2, 0.25) is 0 Å². The monoisotopic (exact) mass is 429 g/mol. The molecule has 0 unspecified atom stereocenters. The third-order valence-corrected chi connectivity index (χ3v) is 5.66. The van der Waals surface area contributed by atoms with E-state index in [1.54, 1.807) is 40.5 Å². The molecule has 5 rings (SSSR count). The fourth-order valence-electron chi connectivity index (χ4n) is 3.38. The van der Waals surface area contributed by atoms with Crippen LogP contribution in [0, 0.1) is 6.92 Å². The molecule has 9 heteroatoms. The number of pyridine rings is 2. The summed E-state index contributed by atoms with van der Waals surface area (Å²) in [6.45, 7) is 3.03. The maximum absolute atomic E-state index is 13.0. The lowest BCUT2D eigenvalue weighted by Gasteiger charge is -2.06. The highest BCUT2D eigenvalue weighted by Crippen LogP contribution is 2.21.